The van der Waals surface area contributed by atoms with Gasteiger partial charge in [0.1, 0.15) is 22.8 Å². The first kappa shape index (κ1) is 23.8. The second-order valence-electron chi connectivity index (χ2n) is 6.05. The molecule has 2 atom stereocenters. The number of carbonyl (C=O) groups is 4. The molecule has 0 aliphatic carbocycles. The van der Waals surface area contributed by atoms with Crippen molar-refractivity contribution in [3.8, 4) is 0 Å². The van der Waals surface area contributed by atoms with Crippen LogP contribution in [0.15, 0.2) is 21.3 Å². The van der Waals surface area contributed by atoms with E-state index in [1.54, 1.807) is 0 Å². The van der Waals surface area contributed by atoms with E-state index < -0.39 is 53.4 Å². The van der Waals surface area contributed by atoms with Crippen molar-refractivity contribution >= 4 is 69.7 Å². The zero-order chi connectivity index (χ0) is 23.6. The zero-order valence-electron chi connectivity index (χ0n) is 15.4. The van der Waals surface area contributed by atoms with Crippen LogP contribution in [-0.4, -0.2) is 74.8 Å². The minimum Gasteiger partial charge on any atom is -0.477 e. The smallest absolute Gasteiger partial charge is 0.425 e. The molecular weight excluding hydrogens is 503 g/mol. The van der Waals surface area contributed by atoms with Crippen molar-refractivity contribution in [2.24, 2.45) is 5.16 Å². The fourth-order valence-electron chi connectivity index (χ4n) is 2.67. The van der Waals surface area contributed by atoms with Crippen molar-refractivity contribution in [1.82, 2.24) is 15.2 Å². The highest BCUT2D eigenvalue weighted by Crippen LogP contribution is 2.41. The number of hydrogen-bond acceptors (Lipinski definition) is 9. The number of thioether (sulfide) groups is 1. The minimum absolute atomic E-state index is 0.0333. The van der Waals surface area contributed by atoms with Gasteiger partial charge in [-0.15, -0.1) is 23.1 Å². The second-order valence-corrected chi connectivity index (χ2v) is 8.47. The van der Waals surface area contributed by atoms with Crippen molar-refractivity contribution in [3.63, 3.8) is 0 Å². The number of thiazole rings is 1. The SMILES string of the molecule is O=CNc1nc(C(=NOCC(F)(F)F)C(=O)NC2C(=O)N3C(C(=O)O)=C(Cl)CS[C@@H]23)cs1. The largest absolute Gasteiger partial charge is 0.477 e. The van der Waals surface area contributed by atoms with Gasteiger partial charge in [0.2, 0.25) is 13.0 Å². The normalized spacial score (nSPS) is 20.9. The first-order valence-electron chi connectivity index (χ1n) is 8.33. The van der Waals surface area contributed by atoms with Crippen molar-refractivity contribution in [2.45, 2.75) is 17.6 Å². The van der Waals surface area contributed by atoms with Crippen LogP contribution in [0.5, 0.6) is 0 Å². The van der Waals surface area contributed by atoms with E-state index in [-0.39, 0.29) is 21.6 Å². The molecule has 2 aliphatic heterocycles. The maximum absolute atomic E-state index is 12.7. The van der Waals surface area contributed by atoms with Crippen molar-refractivity contribution < 1.29 is 42.3 Å². The Labute approximate surface area is 189 Å². The summed E-state index contributed by atoms with van der Waals surface area (Å²) in [6, 6.07) is -1.19. The highest BCUT2D eigenvalue weighted by atomic mass is 35.5. The number of halogens is 4. The first-order valence-corrected chi connectivity index (χ1v) is 10.6. The molecule has 17 heteroatoms. The van der Waals surface area contributed by atoms with Gasteiger partial charge in [-0.3, -0.25) is 19.3 Å². The number of aliphatic carboxylic acids is 1. The summed E-state index contributed by atoms with van der Waals surface area (Å²) in [7, 11) is 0. The molecule has 0 bridgehead atoms. The predicted molar refractivity (Wildman–Crippen MR) is 106 cm³/mol. The standard InChI is InChI=1S/C15H11ClF3N5O6S2/c16-5-1-31-12-8(11(27)24(12)9(5)13(28)29)22-10(26)7(23-30-3-15(17,18)19)6-2-32-14(21-6)20-4-25/h2,4,8,12H,1,3H2,(H,22,26)(H,28,29)(H,20,21,25)/t8?,12-/m0/s1. The van der Waals surface area contributed by atoms with Crippen LogP contribution in [0.2, 0.25) is 0 Å². The molecule has 11 nitrogen and oxygen atoms in total. The average molecular weight is 514 g/mol. The van der Waals surface area contributed by atoms with Gasteiger partial charge in [-0.25, -0.2) is 9.78 Å². The van der Waals surface area contributed by atoms with Gasteiger partial charge in [0.15, 0.2) is 10.8 Å². The van der Waals surface area contributed by atoms with Crippen LogP contribution in [0.3, 0.4) is 0 Å². The van der Waals surface area contributed by atoms with Crippen molar-refractivity contribution in [1.29, 1.82) is 0 Å². The Hall–Kier alpha value is -2.85. The number of hydrogen-bond donors (Lipinski definition) is 3. The summed E-state index contributed by atoms with van der Waals surface area (Å²) in [5, 5.41) is 17.4. The number of oxime groups is 1. The van der Waals surface area contributed by atoms with E-state index in [1.807, 2.05) is 0 Å². The monoisotopic (exact) mass is 513 g/mol. The summed E-state index contributed by atoms with van der Waals surface area (Å²) in [5.41, 5.74) is -1.30. The van der Waals surface area contributed by atoms with Crippen LogP contribution in [-0.2, 0) is 24.0 Å². The molecule has 1 unspecified atom stereocenters. The maximum Gasteiger partial charge on any atom is 0.425 e. The molecule has 3 N–H and O–H groups in total. The maximum atomic E-state index is 12.7. The third-order valence-corrected chi connectivity index (χ3v) is 6.46. The average Bonchev–Trinajstić information content (AvgIpc) is 3.16. The Kier molecular flexibility index (Phi) is 6.94. The van der Waals surface area contributed by atoms with Crippen molar-refractivity contribution in [3.05, 3.63) is 21.8 Å². The molecule has 3 amide bonds. The molecule has 1 aromatic rings. The van der Waals surface area contributed by atoms with Crippen LogP contribution in [0, 0.1) is 0 Å². The van der Waals surface area contributed by atoms with E-state index >= 15 is 0 Å². The van der Waals surface area contributed by atoms with Crippen LogP contribution in [0.25, 0.3) is 0 Å². The number of alkyl halides is 3. The Morgan fingerprint density at radius 2 is 2.19 bits per heavy atom. The Balaban J connectivity index is 1.80. The van der Waals surface area contributed by atoms with Crippen LogP contribution in [0.1, 0.15) is 5.69 Å². The third kappa shape index (κ3) is 4.97. The van der Waals surface area contributed by atoms with E-state index in [0.717, 1.165) is 28.0 Å². The lowest BCUT2D eigenvalue weighted by Crippen LogP contribution is -2.71. The molecule has 32 heavy (non-hydrogen) atoms. The number of carboxylic acid groups (broad SMARTS) is 1. The third-order valence-electron chi connectivity index (χ3n) is 3.94. The number of carbonyl (C=O) groups excluding carboxylic acids is 3. The summed E-state index contributed by atoms with van der Waals surface area (Å²) in [4.78, 5) is 56.0. The summed E-state index contributed by atoms with van der Waals surface area (Å²) < 4.78 is 37.2. The number of β-lactam (4-membered cyclic amide) rings is 1. The summed E-state index contributed by atoms with van der Waals surface area (Å²) in [5.74, 6) is -3.21. The highest BCUT2D eigenvalue weighted by Gasteiger charge is 2.54. The highest BCUT2D eigenvalue weighted by molar-refractivity contribution is 8.00. The molecule has 0 spiro atoms. The first-order chi connectivity index (χ1) is 15.0. The molecule has 0 saturated carbocycles. The Morgan fingerprint density at radius 3 is 2.81 bits per heavy atom. The van der Waals surface area contributed by atoms with E-state index in [1.165, 1.54) is 5.38 Å². The Morgan fingerprint density at radius 1 is 1.47 bits per heavy atom. The van der Waals surface area contributed by atoms with E-state index in [0.29, 0.717) is 6.41 Å². The molecule has 2 aliphatic rings. The van der Waals surface area contributed by atoms with Crippen LogP contribution >= 0.6 is 34.7 Å². The topological polar surface area (TPSA) is 150 Å². The number of anilines is 1. The van der Waals surface area contributed by atoms with Gasteiger partial charge in [-0.1, -0.05) is 16.8 Å². The van der Waals surface area contributed by atoms with Gasteiger partial charge in [0.25, 0.3) is 11.8 Å². The van der Waals surface area contributed by atoms with E-state index in [9.17, 15) is 37.5 Å². The van der Waals surface area contributed by atoms with Gasteiger partial charge in [-0.05, 0) is 0 Å². The molecule has 172 valence electrons. The van der Waals surface area contributed by atoms with E-state index in [4.69, 9.17) is 11.6 Å². The number of carboxylic acids is 1. The lowest BCUT2D eigenvalue weighted by atomic mass is 10.0. The number of rotatable bonds is 8. The van der Waals surface area contributed by atoms with Gasteiger partial charge >= 0.3 is 12.1 Å². The zero-order valence-corrected chi connectivity index (χ0v) is 17.8. The number of nitrogens with one attached hydrogen (secondary N) is 2. The molecular formula is C15H11ClF3N5O6S2. The number of fused-ring (bicyclic) bond motifs is 1. The fourth-order valence-corrected chi connectivity index (χ4v) is 4.87. The molecule has 1 aromatic heterocycles. The predicted octanol–water partition coefficient (Wildman–Crippen LogP) is 0.929. The Bertz CT molecular complexity index is 1030. The lowest BCUT2D eigenvalue weighted by molar-refractivity contribution is -0.174. The summed E-state index contributed by atoms with van der Waals surface area (Å²) in [6.07, 6.45) is -4.42. The van der Waals surface area contributed by atoms with Gasteiger partial charge in [-0.2, -0.15) is 13.2 Å². The van der Waals surface area contributed by atoms with Gasteiger partial charge in [0.05, 0.1) is 5.03 Å². The summed E-state index contributed by atoms with van der Waals surface area (Å²) in [6.45, 7) is -1.78. The molecule has 1 saturated heterocycles. The van der Waals surface area contributed by atoms with Crippen molar-refractivity contribution in [2.75, 3.05) is 17.7 Å². The molecule has 0 aromatic carbocycles. The second kappa shape index (κ2) is 9.33. The number of aromatic nitrogens is 1. The minimum atomic E-state index is -4.72. The molecule has 3 heterocycles. The quantitative estimate of drug-likeness (QED) is 0.201. The number of amides is 3. The summed E-state index contributed by atoms with van der Waals surface area (Å²) >= 11 is 7.83. The van der Waals surface area contributed by atoms with E-state index in [2.05, 4.69) is 25.6 Å². The van der Waals surface area contributed by atoms with Gasteiger partial charge in [0, 0.05) is 11.1 Å². The van der Waals surface area contributed by atoms with Gasteiger partial charge < -0.3 is 20.6 Å². The molecule has 1 fully saturated rings. The lowest BCUT2D eigenvalue weighted by Gasteiger charge is -2.48. The molecule has 0 radical (unpaired) electrons. The van der Waals surface area contributed by atoms with Crippen LogP contribution in [0.4, 0.5) is 18.3 Å². The molecule has 3 rings (SSSR count). The number of nitrogens with zero attached hydrogens (tertiary/aromatic N) is 3. The fraction of sp³-hybridized carbons (Fsp3) is 0.333. The van der Waals surface area contributed by atoms with Crippen LogP contribution < -0.4 is 10.6 Å².